The topological polar surface area (TPSA) is 26.0 Å². The molecule has 0 saturated heterocycles. The van der Waals surface area contributed by atoms with Gasteiger partial charge in [-0.2, -0.15) is 0 Å². The molecule has 62 valence electrons. The van der Waals surface area contributed by atoms with Crippen molar-refractivity contribution in [2.75, 3.05) is 0 Å². The molecule has 0 fully saturated rings. The molecule has 1 rings (SSSR count). The first-order valence-electron chi connectivity index (χ1n) is 4.03. The van der Waals surface area contributed by atoms with Crippen LogP contribution in [0.3, 0.4) is 0 Å². The summed E-state index contributed by atoms with van der Waals surface area (Å²) in [5.74, 6) is 0. The normalized spacial score (nSPS) is 30.8. The second kappa shape index (κ2) is 2.21. The molecule has 0 aliphatic heterocycles. The summed E-state index contributed by atoms with van der Waals surface area (Å²) in [4.78, 5) is 0. The average Bonchev–Trinajstić information content (AvgIpc) is 2.07. The predicted molar refractivity (Wildman–Crippen MR) is 49.3 cm³/mol. The van der Waals surface area contributed by atoms with Gasteiger partial charge in [0.15, 0.2) is 0 Å². The van der Waals surface area contributed by atoms with Gasteiger partial charge in [-0.05, 0) is 17.9 Å². The zero-order valence-electron chi connectivity index (χ0n) is 7.81. The van der Waals surface area contributed by atoms with Gasteiger partial charge in [0.1, 0.15) is 0 Å². The quantitative estimate of drug-likeness (QED) is 0.564. The van der Waals surface area contributed by atoms with Crippen LogP contribution < -0.4 is 5.73 Å². The van der Waals surface area contributed by atoms with Gasteiger partial charge in [-0.3, -0.25) is 0 Å². The van der Waals surface area contributed by atoms with E-state index in [4.69, 9.17) is 5.73 Å². The molecule has 0 aromatic carbocycles. The highest BCUT2D eigenvalue weighted by molar-refractivity contribution is 5.39. The fraction of sp³-hybridized carbons (Fsp3) is 0.600. The number of nitrogens with two attached hydrogens (primary N) is 1. The van der Waals surface area contributed by atoms with Gasteiger partial charge in [0.05, 0.1) is 5.54 Å². The van der Waals surface area contributed by atoms with Crippen LogP contribution in [0.1, 0.15) is 27.7 Å². The average molecular weight is 151 g/mol. The van der Waals surface area contributed by atoms with E-state index >= 15 is 0 Å². The Bertz CT molecular complexity index is 214. The van der Waals surface area contributed by atoms with E-state index in [9.17, 15) is 0 Å². The van der Waals surface area contributed by atoms with Crippen LogP contribution in [0.2, 0.25) is 0 Å². The fourth-order valence-electron chi connectivity index (χ4n) is 1.17. The largest absolute Gasteiger partial charge is 0.319 e. The summed E-state index contributed by atoms with van der Waals surface area (Å²) in [6.45, 7) is 8.61. The molecule has 1 unspecified atom stereocenters. The predicted octanol–water partition coefficient (Wildman–Crippen LogP) is 2.25. The third-order valence-electron chi connectivity index (χ3n) is 1.95. The minimum Gasteiger partial charge on any atom is -0.319 e. The third-order valence-corrected chi connectivity index (χ3v) is 1.95. The maximum absolute atomic E-state index is 5.90. The lowest BCUT2D eigenvalue weighted by molar-refractivity contribution is 0.515. The van der Waals surface area contributed by atoms with Gasteiger partial charge >= 0.3 is 0 Å². The summed E-state index contributed by atoms with van der Waals surface area (Å²) in [5, 5.41) is 0. The molecule has 1 aliphatic carbocycles. The van der Waals surface area contributed by atoms with Crippen molar-refractivity contribution in [1.29, 1.82) is 0 Å². The van der Waals surface area contributed by atoms with Crippen molar-refractivity contribution in [1.82, 2.24) is 0 Å². The Morgan fingerprint density at radius 2 is 1.91 bits per heavy atom. The molecule has 1 aliphatic rings. The van der Waals surface area contributed by atoms with Crippen molar-refractivity contribution in [2.24, 2.45) is 11.1 Å². The van der Waals surface area contributed by atoms with Crippen LogP contribution in [0, 0.1) is 5.41 Å². The van der Waals surface area contributed by atoms with Crippen LogP contribution in [0.4, 0.5) is 0 Å². The molecule has 0 radical (unpaired) electrons. The summed E-state index contributed by atoms with van der Waals surface area (Å²) in [5.41, 5.74) is 7.25. The molecule has 1 heteroatoms. The Balaban J connectivity index is 2.89. The van der Waals surface area contributed by atoms with Gasteiger partial charge in [-0.25, -0.2) is 0 Å². The van der Waals surface area contributed by atoms with Crippen molar-refractivity contribution in [2.45, 2.75) is 33.2 Å². The van der Waals surface area contributed by atoms with Crippen molar-refractivity contribution in [3.05, 3.63) is 23.8 Å². The molecule has 1 atom stereocenters. The van der Waals surface area contributed by atoms with E-state index in [1.807, 2.05) is 13.0 Å². The van der Waals surface area contributed by atoms with Crippen LogP contribution in [-0.4, -0.2) is 5.54 Å². The van der Waals surface area contributed by atoms with Crippen molar-refractivity contribution >= 4 is 0 Å². The van der Waals surface area contributed by atoms with E-state index in [0.717, 1.165) is 0 Å². The van der Waals surface area contributed by atoms with E-state index in [0.29, 0.717) is 0 Å². The SMILES string of the molecule is CC1(N)C=CC(C(C)(C)C)=C1. The van der Waals surface area contributed by atoms with Crippen molar-refractivity contribution < 1.29 is 0 Å². The first kappa shape index (κ1) is 8.54. The molecule has 0 aromatic heterocycles. The molecule has 0 amide bonds. The zero-order valence-corrected chi connectivity index (χ0v) is 7.81. The minimum atomic E-state index is -0.220. The second-order valence-electron chi connectivity index (χ2n) is 4.55. The summed E-state index contributed by atoms with van der Waals surface area (Å²) in [7, 11) is 0. The molecule has 0 saturated carbocycles. The number of hydrogen-bond donors (Lipinski definition) is 1. The zero-order chi connectivity index (χ0) is 8.70. The minimum absolute atomic E-state index is 0.220. The van der Waals surface area contributed by atoms with E-state index < -0.39 is 0 Å². The van der Waals surface area contributed by atoms with Gasteiger partial charge in [-0.15, -0.1) is 0 Å². The lowest BCUT2D eigenvalue weighted by atomic mass is 9.87. The molecule has 0 heterocycles. The van der Waals surface area contributed by atoms with Gasteiger partial charge in [0, 0.05) is 0 Å². The first-order valence-corrected chi connectivity index (χ1v) is 4.03. The molecule has 1 nitrogen and oxygen atoms in total. The Morgan fingerprint density at radius 3 is 2.09 bits per heavy atom. The first-order chi connectivity index (χ1) is 4.81. The van der Waals surface area contributed by atoms with Crippen molar-refractivity contribution in [3.63, 3.8) is 0 Å². The highest BCUT2D eigenvalue weighted by atomic mass is 14.7. The van der Waals surface area contributed by atoms with E-state index in [1.165, 1.54) is 5.57 Å². The van der Waals surface area contributed by atoms with Gasteiger partial charge in [-0.1, -0.05) is 39.0 Å². The number of rotatable bonds is 0. The summed E-state index contributed by atoms with van der Waals surface area (Å²) < 4.78 is 0. The summed E-state index contributed by atoms with van der Waals surface area (Å²) >= 11 is 0. The maximum Gasteiger partial charge on any atom is 0.0505 e. The second-order valence-corrected chi connectivity index (χ2v) is 4.55. The monoisotopic (exact) mass is 151 g/mol. The van der Waals surface area contributed by atoms with Gasteiger partial charge in [0.2, 0.25) is 0 Å². The molecule has 11 heavy (non-hydrogen) atoms. The molecule has 0 bridgehead atoms. The van der Waals surface area contributed by atoms with Crippen LogP contribution in [0.15, 0.2) is 23.8 Å². The number of allylic oxidation sites excluding steroid dienone is 2. The number of hydrogen-bond acceptors (Lipinski definition) is 1. The molecule has 2 N–H and O–H groups in total. The Morgan fingerprint density at radius 1 is 1.36 bits per heavy atom. The molecular weight excluding hydrogens is 134 g/mol. The van der Waals surface area contributed by atoms with Crippen LogP contribution in [-0.2, 0) is 0 Å². The highest BCUT2D eigenvalue weighted by Crippen LogP contribution is 2.32. The molecule has 0 aromatic rings. The summed E-state index contributed by atoms with van der Waals surface area (Å²) in [6, 6.07) is 0. The Labute approximate surface area is 69.0 Å². The van der Waals surface area contributed by atoms with Gasteiger partial charge < -0.3 is 5.73 Å². The van der Waals surface area contributed by atoms with Crippen LogP contribution >= 0.6 is 0 Å². The van der Waals surface area contributed by atoms with Crippen LogP contribution in [0.5, 0.6) is 0 Å². The van der Waals surface area contributed by atoms with E-state index in [-0.39, 0.29) is 11.0 Å². The fourth-order valence-corrected chi connectivity index (χ4v) is 1.17. The van der Waals surface area contributed by atoms with E-state index in [1.54, 1.807) is 0 Å². The highest BCUT2D eigenvalue weighted by Gasteiger charge is 2.23. The lowest BCUT2D eigenvalue weighted by Crippen LogP contribution is -2.29. The van der Waals surface area contributed by atoms with E-state index in [2.05, 4.69) is 32.9 Å². The molecule has 0 spiro atoms. The smallest absolute Gasteiger partial charge is 0.0505 e. The van der Waals surface area contributed by atoms with Gasteiger partial charge in [0.25, 0.3) is 0 Å². The lowest BCUT2D eigenvalue weighted by Gasteiger charge is -2.19. The third kappa shape index (κ3) is 1.93. The maximum atomic E-state index is 5.90. The standard InChI is InChI=1S/C10H17N/c1-9(2,3)8-5-6-10(4,11)7-8/h5-7H,11H2,1-4H3. The summed E-state index contributed by atoms with van der Waals surface area (Å²) in [6.07, 6.45) is 6.31. The Kier molecular flexibility index (Phi) is 1.72. The molecular formula is C10H17N. The van der Waals surface area contributed by atoms with Crippen LogP contribution in [0.25, 0.3) is 0 Å². The van der Waals surface area contributed by atoms with Crippen molar-refractivity contribution in [3.8, 4) is 0 Å². The Hall–Kier alpha value is -0.560.